The molecule has 3 heterocycles. The molecule has 2 aromatic carbocycles. The van der Waals surface area contributed by atoms with Gasteiger partial charge in [-0.2, -0.15) is 21.4 Å². The number of carbonyl (C=O) groups is 1. The maximum absolute atomic E-state index is 11.7. The molecule has 10 nitrogen and oxygen atoms in total. The number of carboxylic acid groups (broad SMARTS) is 1. The van der Waals surface area contributed by atoms with E-state index in [1.807, 2.05) is 15.5 Å². The Labute approximate surface area is 196 Å². The van der Waals surface area contributed by atoms with E-state index in [2.05, 4.69) is 0 Å². The molecule has 5 rings (SSSR count). The Bertz CT molecular complexity index is 1590. The maximum Gasteiger partial charge on any atom is 0.305 e. The third kappa shape index (κ3) is 3.92. The van der Waals surface area contributed by atoms with E-state index in [0.717, 1.165) is 5.01 Å². The molecule has 0 saturated carbocycles. The minimum absolute atomic E-state index is 0.204. The average Bonchev–Trinajstić information content (AvgIpc) is 3.18. The highest BCUT2D eigenvalue weighted by atomic mass is 32.2. The van der Waals surface area contributed by atoms with Gasteiger partial charge in [0.15, 0.2) is 6.54 Å². The quantitative estimate of drug-likeness (QED) is 0.341. The highest BCUT2D eigenvalue weighted by Gasteiger charge is 2.40. The number of aliphatic carboxylic acids is 1. The molecule has 1 atom stereocenters. The fourth-order valence-corrected chi connectivity index (χ4v) is 7.57. The minimum atomic E-state index is -4.40. The van der Waals surface area contributed by atoms with Crippen LogP contribution in [0.2, 0.25) is 0 Å². The average molecular weight is 528 g/mol. The van der Waals surface area contributed by atoms with Crippen LogP contribution in [0.25, 0.3) is 16.3 Å². The third-order valence-corrected chi connectivity index (χ3v) is 9.22. The van der Waals surface area contributed by atoms with Crippen molar-refractivity contribution < 1.29 is 40.4 Å². The fraction of sp³-hybridized carbons (Fsp3) is 0.158. The fourth-order valence-electron chi connectivity index (χ4n) is 3.99. The smallest absolute Gasteiger partial charge is 0.305 e. The number of aromatic nitrogens is 1. The Morgan fingerprint density at radius 3 is 2.39 bits per heavy atom. The zero-order valence-corrected chi connectivity index (χ0v) is 19.7. The van der Waals surface area contributed by atoms with Gasteiger partial charge in [-0.1, -0.05) is 23.1 Å². The molecular weight excluding hydrogens is 512 g/mol. The summed E-state index contributed by atoms with van der Waals surface area (Å²) in [4.78, 5) is 13.6. The number of hydrogen-bond acceptors (Lipinski definition) is 8. The molecule has 0 aliphatic carbocycles. The third-order valence-electron chi connectivity index (χ3n) is 5.36. The number of thiazole rings is 1. The van der Waals surface area contributed by atoms with Crippen molar-refractivity contribution in [3.05, 3.63) is 46.4 Å². The number of rotatable bonds is 4. The van der Waals surface area contributed by atoms with Crippen molar-refractivity contribution in [2.24, 2.45) is 0 Å². The van der Waals surface area contributed by atoms with Crippen LogP contribution in [0.15, 0.2) is 56.1 Å². The molecule has 0 spiro atoms. The molecule has 0 radical (unpaired) electrons. The Kier molecular flexibility index (Phi) is 5.08. The van der Waals surface area contributed by atoms with Gasteiger partial charge in [0.1, 0.15) is 10.7 Å². The lowest BCUT2D eigenvalue weighted by molar-refractivity contribution is -0.670. The number of benzene rings is 2. The summed E-state index contributed by atoms with van der Waals surface area (Å²) in [6.07, 6.45) is 1.63. The summed E-state index contributed by atoms with van der Waals surface area (Å²) in [7, 11) is -8.77. The van der Waals surface area contributed by atoms with E-state index in [4.69, 9.17) is 0 Å². The molecule has 1 unspecified atom stereocenters. The molecule has 2 aliphatic rings. The van der Waals surface area contributed by atoms with Gasteiger partial charge in [0.05, 0.1) is 33.0 Å². The van der Waals surface area contributed by atoms with Gasteiger partial charge in [0.25, 0.3) is 25.2 Å². The van der Waals surface area contributed by atoms with Crippen LogP contribution < -0.4 is 9.47 Å². The van der Waals surface area contributed by atoms with Crippen molar-refractivity contribution in [2.45, 2.75) is 33.7 Å². The summed E-state index contributed by atoms with van der Waals surface area (Å²) in [5.74, 6) is -1.01. The second kappa shape index (κ2) is 7.51. The van der Waals surface area contributed by atoms with Gasteiger partial charge >= 0.3 is 5.97 Å². The number of thioether (sulfide) groups is 1. The standard InChI is InChI=1S/C19H14N2O8S4/c22-19(23)5-10-9-20-13-3-1-11(32(24,25)26)6-15(13)30-17(20)8-18-21(10)14-4-2-12(33(27,28)29)7-16(14)31-18/h1-4,6-8,10H,5,9H2,(H2-,22,23,24,25,26,27,28,29)/p+1. The predicted octanol–water partition coefficient (Wildman–Crippen LogP) is 2.45. The monoisotopic (exact) mass is 527 g/mol. The second-order valence-electron chi connectivity index (χ2n) is 7.47. The van der Waals surface area contributed by atoms with Crippen LogP contribution in [-0.4, -0.2) is 43.1 Å². The maximum atomic E-state index is 11.7. The molecule has 3 aromatic rings. The highest BCUT2D eigenvalue weighted by Crippen LogP contribution is 2.50. The first kappa shape index (κ1) is 22.3. The van der Waals surface area contributed by atoms with E-state index in [0.29, 0.717) is 25.8 Å². The molecule has 1 aromatic heterocycles. The van der Waals surface area contributed by atoms with Crippen molar-refractivity contribution >= 4 is 71.3 Å². The first-order valence-corrected chi connectivity index (χ1v) is 13.9. The van der Waals surface area contributed by atoms with Crippen molar-refractivity contribution in [3.8, 4) is 0 Å². The molecular formula is C19H15N2O8S4+. The molecule has 0 fully saturated rings. The summed E-state index contributed by atoms with van der Waals surface area (Å²) < 4.78 is 67.4. The number of fused-ring (bicyclic) bond motifs is 6. The van der Waals surface area contributed by atoms with Crippen LogP contribution in [0.1, 0.15) is 11.4 Å². The summed E-state index contributed by atoms with van der Waals surface area (Å²) in [5.41, 5.74) is 1.33. The lowest BCUT2D eigenvalue weighted by Gasteiger charge is -2.26. The zero-order valence-electron chi connectivity index (χ0n) is 16.4. The van der Waals surface area contributed by atoms with E-state index < -0.39 is 32.2 Å². The van der Waals surface area contributed by atoms with Crippen LogP contribution in [-0.2, 0) is 31.6 Å². The number of hydrogen-bond donors (Lipinski definition) is 3. The molecule has 172 valence electrons. The van der Waals surface area contributed by atoms with Gasteiger partial charge in [0, 0.05) is 11.0 Å². The van der Waals surface area contributed by atoms with E-state index in [-0.39, 0.29) is 22.8 Å². The second-order valence-corrected chi connectivity index (χ2v) is 12.4. The normalized spacial score (nSPS) is 17.8. The Balaban J connectivity index is 1.68. The predicted molar refractivity (Wildman–Crippen MR) is 120 cm³/mol. The summed E-state index contributed by atoms with van der Waals surface area (Å²) in [5, 5.41) is 11.0. The SMILES string of the molecule is O=C(O)CC1C[n+]2c(sc3cc(S(=O)(=O)O)ccc32)C=C2Sc3cc(S(=O)(=O)O)ccc3N21. The lowest BCUT2D eigenvalue weighted by Crippen LogP contribution is -2.46. The van der Waals surface area contributed by atoms with Crippen molar-refractivity contribution in [1.82, 2.24) is 0 Å². The molecule has 14 heteroatoms. The van der Waals surface area contributed by atoms with Crippen molar-refractivity contribution in [3.63, 3.8) is 0 Å². The first-order valence-electron chi connectivity index (χ1n) is 9.38. The summed E-state index contributed by atoms with van der Waals surface area (Å²) in [6, 6.07) is 7.88. The Morgan fingerprint density at radius 2 is 1.73 bits per heavy atom. The van der Waals surface area contributed by atoms with Crippen LogP contribution in [0, 0.1) is 0 Å². The van der Waals surface area contributed by atoms with E-state index >= 15 is 0 Å². The van der Waals surface area contributed by atoms with Crippen LogP contribution in [0.5, 0.6) is 0 Å². The molecule has 3 N–H and O–H groups in total. The highest BCUT2D eigenvalue weighted by molar-refractivity contribution is 8.04. The number of carboxylic acids is 1. The molecule has 2 aliphatic heterocycles. The van der Waals surface area contributed by atoms with Crippen molar-refractivity contribution in [1.29, 1.82) is 0 Å². The van der Waals surface area contributed by atoms with Gasteiger partial charge in [-0.05, 0) is 30.3 Å². The van der Waals surface area contributed by atoms with Crippen LogP contribution in [0.3, 0.4) is 0 Å². The number of nitrogens with zero attached hydrogens (tertiary/aromatic N) is 2. The molecule has 33 heavy (non-hydrogen) atoms. The number of anilines is 1. The van der Waals surface area contributed by atoms with Gasteiger partial charge in [-0.3, -0.25) is 13.9 Å². The minimum Gasteiger partial charge on any atom is -0.481 e. The van der Waals surface area contributed by atoms with E-state index in [1.54, 1.807) is 12.1 Å². The van der Waals surface area contributed by atoms with Gasteiger partial charge in [0.2, 0.25) is 5.52 Å². The summed E-state index contributed by atoms with van der Waals surface area (Å²) >= 11 is 2.54. The van der Waals surface area contributed by atoms with Gasteiger partial charge in [-0.15, -0.1) is 0 Å². The van der Waals surface area contributed by atoms with E-state index in [9.17, 15) is 35.8 Å². The van der Waals surface area contributed by atoms with Crippen LogP contribution in [0.4, 0.5) is 5.69 Å². The Morgan fingerprint density at radius 1 is 1.06 bits per heavy atom. The first-order chi connectivity index (χ1) is 15.4. The zero-order chi connectivity index (χ0) is 23.7. The summed E-state index contributed by atoms with van der Waals surface area (Å²) in [6.45, 7) is 0.271. The molecule has 0 amide bonds. The Hall–Kier alpha value is -2.49. The van der Waals surface area contributed by atoms with Gasteiger partial charge < -0.3 is 10.0 Å². The van der Waals surface area contributed by atoms with Crippen molar-refractivity contribution in [2.75, 3.05) is 4.90 Å². The lowest BCUT2D eigenvalue weighted by atomic mass is 10.1. The molecule has 0 saturated heterocycles. The largest absolute Gasteiger partial charge is 0.481 e. The van der Waals surface area contributed by atoms with E-state index in [1.165, 1.54) is 47.4 Å². The van der Waals surface area contributed by atoms with Gasteiger partial charge in [-0.25, -0.2) is 0 Å². The van der Waals surface area contributed by atoms with Crippen LogP contribution >= 0.6 is 23.1 Å². The topological polar surface area (TPSA) is 153 Å². The molecule has 0 bridgehead atoms.